The molecular formula is C17H16O3. The number of rotatable bonds is 4. The Hall–Kier alpha value is -2.55. The first-order chi connectivity index (χ1) is 9.69. The summed E-state index contributed by atoms with van der Waals surface area (Å²) in [4.78, 5) is 11.8. The fraction of sp³-hybridized carbons (Fsp3) is 0.118. The van der Waals surface area contributed by atoms with Crippen LogP contribution in [0.2, 0.25) is 0 Å². The largest absolute Gasteiger partial charge is 0.493 e. The predicted octanol–water partition coefficient (Wildman–Crippen LogP) is 3.62. The van der Waals surface area contributed by atoms with Crippen molar-refractivity contribution in [2.45, 2.75) is 6.92 Å². The quantitative estimate of drug-likeness (QED) is 0.482. The third kappa shape index (κ3) is 3.72. The molecule has 102 valence electrons. The molecule has 3 nitrogen and oxygen atoms in total. The van der Waals surface area contributed by atoms with Crippen LogP contribution in [0.15, 0.2) is 54.6 Å². The molecule has 3 heteroatoms. The lowest BCUT2D eigenvalue weighted by molar-refractivity contribution is -0.129. The number of hydrogen-bond donors (Lipinski definition) is 0. The van der Waals surface area contributed by atoms with E-state index in [9.17, 15) is 4.79 Å². The molecule has 0 aromatic heterocycles. The summed E-state index contributed by atoms with van der Waals surface area (Å²) in [7, 11) is 1.55. The molecule has 2 aromatic rings. The fourth-order valence-corrected chi connectivity index (χ4v) is 1.73. The third-order valence-electron chi connectivity index (χ3n) is 2.74. The van der Waals surface area contributed by atoms with Gasteiger partial charge < -0.3 is 9.47 Å². The Labute approximate surface area is 118 Å². The van der Waals surface area contributed by atoms with E-state index in [-0.39, 0.29) is 0 Å². The van der Waals surface area contributed by atoms with Gasteiger partial charge in [0.05, 0.1) is 7.11 Å². The maximum absolute atomic E-state index is 11.8. The molecule has 0 bridgehead atoms. The van der Waals surface area contributed by atoms with E-state index in [2.05, 4.69) is 0 Å². The zero-order valence-corrected chi connectivity index (χ0v) is 11.5. The van der Waals surface area contributed by atoms with Crippen LogP contribution in [0.1, 0.15) is 11.1 Å². The molecule has 0 amide bonds. The van der Waals surface area contributed by atoms with Crippen molar-refractivity contribution in [3.63, 3.8) is 0 Å². The molecule has 0 saturated carbocycles. The highest BCUT2D eigenvalue weighted by Gasteiger charge is 2.07. The van der Waals surface area contributed by atoms with E-state index in [1.54, 1.807) is 19.3 Å². The Balaban J connectivity index is 2.07. The van der Waals surface area contributed by atoms with E-state index in [0.717, 1.165) is 11.1 Å². The molecule has 20 heavy (non-hydrogen) atoms. The van der Waals surface area contributed by atoms with Crippen LogP contribution in [-0.2, 0) is 4.79 Å². The number of carbonyl (C=O) groups excluding carboxylic acids is 1. The summed E-state index contributed by atoms with van der Waals surface area (Å²) in [5.41, 5.74) is 1.99. The molecule has 2 rings (SSSR count). The molecule has 0 saturated heterocycles. The van der Waals surface area contributed by atoms with E-state index in [0.29, 0.717) is 11.5 Å². The van der Waals surface area contributed by atoms with Gasteiger partial charge in [-0.1, -0.05) is 36.4 Å². The minimum atomic E-state index is -0.434. The van der Waals surface area contributed by atoms with Crippen LogP contribution in [-0.4, -0.2) is 13.1 Å². The van der Waals surface area contributed by atoms with Crippen molar-refractivity contribution in [1.29, 1.82) is 0 Å². The van der Waals surface area contributed by atoms with E-state index in [1.807, 2.05) is 49.4 Å². The monoisotopic (exact) mass is 268 g/mol. The summed E-state index contributed by atoms with van der Waals surface area (Å²) in [5.74, 6) is 0.531. The number of ether oxygens (including phenoxy) is 2. The van der Waals surface area contributed by atoms with Crippen LogP contribution < -0.4 is 9.47 Å². The number of esters is 1. The van der Waals surface area contributed by atoms with E-state index < -0.39 is 5.97 Å². The van der Waals surface area contributed by atoms with Gasteiger partial charge >= 0.3 is 5.97 Å². The molecule has 0 spiro atoms. The molecule has 0 heterocycles. The molecule has 0 atom stereocenters. The molecule has 0 N–H and O–H groups in total. The average Bonchev–Trinajstić information content (AvgIpc) is 2.48. The minimum Gasteiger partial charge on any atom is -0.493 e. The number of aryl methyl sites for hydroxylation is 1. The second-order valence-electron chi connectivity index (χ2n) is 4.32. The Morgan fingerprint density at radius 3 is 2.50 bits per heavy atom. The minimum absolute atomic E-state index is 0.417. The summed E-state index contributed by atoms with van der Waals surface area (Å²) < 4.78 is 10.5. The number of hydrogen-bond acceptors (Lipinski definition) is 3. The highest BCUT2D eigenvalue weighted by atomic mass is 16.6. The standard InChI is InChI=1S/C17H16O3/c1-13-8-10-15(16(12-13)19-2)20-17(18)11-9-14-6-4-3-5-7-14/h3-12H,1-2H3/b11-9+. The second-order valence-corrected chi connectivity index (χ2v) is 4.32. The predicted molar refractivity (Wildman–Crippen MR) is 78.8 cm³/mol. The number of benzene rings is 2. The molecule has 0 aliphatic heterocycles. The van der Waals surface area contributed by atoms with Gasteiger partial charge in [-0.25, -0.2) is 4.79 Å². The van der Waals surface area contributed by atoms with Crippen LogP contribution in [0.5, 0.6) is 11.5 Å². The first kappa shape index (κ1) is 13.9. The normalized spacial score (nSPS) is 10.5. The van der Waals surface area contributed by atoms with Crippen LogP contribution in [0.25, 0.3) is 6.08 Å². The first-order valence-electron chi connectivity index (χ1n) is 6.28. The lowest BCUT2D eigenvalue weighted by atomic mass is 10.2. The van der Waals surface area contributed by atoms with Crippen molar-refractivity contribution in [3.05, 3.63) is 65.7 Å². The smallest absolute Gasteiger partial charge is 0.336 e. The lowest BCUT2D eigenvalue weighted by Gasteiger charge is -2.08. The SMILES string of the molecule is COc1cc(C)ccc1OC(=O)/C=C/c1ccccc1. The van der Waals surface area contributed by atoms with E-state index in [4.69, 9.17) is 9.47 Å². The van der Waals surface area contributed by atoms with Gasteiger partial charge in [-0.3, -0.25) is 0 Å². The van der Waals surface area contributed by atoms with Gasteiger partial charge in [0.2, 0.25) is 0 Å². The first-order valence-corrected chi connectivity index (χ1v) is 6.28. The summed E-state index contributed by atoms with van der Waals surface area (Å²) >= 11 is 0. The Morgan fingerprint density at radius 2 is 1.80 bits per heavy atom. The molecule has 0 aliphatic carbocycles. The highest BCUT2D eigenvalue weighted by molar-refractivity contribution is 5.89. The molecule has 2 aromatic carbocycles. The summed E-state index contributed by atoms with van der Waals surface area (Å²) in [6, 6.07) is 15.0. The topological polar surface area (TPSA) is 35.5 Å². The van der Waals surface area contributed by atoms with Gasteiger partial charge in [0, 0.05) is 6.08 Å². The second kappa shape index (κ2) is 6.57. The lowest BCUT2D eigenvalue weighted by Crippen LogP contribution is -2.05. The van der Waals surface area contributed by atoms with Gasteiger partial charge in [0.15, 0.2) is 11.5 Å². The average molecular weight is 268 g/mol. The van der Waals surface area contributed by atoms with Crippen molar-refractivity contribution in [3.8, 4) is 11.5 Å². The molecule has 0 unspecified atom stereocenters. The molecule has 0 fully saturated rings. The number of carbonyl (C=O) groups is 1. The zero-order valence-electron chi connectivity index (χ0n) is 11.5. The molecule has 0 aliphatic rings. The van der Waals surface area contributed by atoms with Crippen molar-refractivity contribution in [2.24, 2.45) is 0 Å². The van der Waals surface area contributed by atoms with Gasteiger partial charge in [-0.15, -0.1) is 0 Å². The van der Waals surface area contributed by atoms with Crippen molar-refractivity contribution in [1.82, 2.24) is 0 Å². The Kier molecular flexibility index (Phi) is 4.56. The van der Waals surface area contributed by atoms with E-state index in [1.165, 1.54) is 6.08 Å². The molecular weight excluding hydrogens is 252 g/mol. The van der Waals surface area contributed by atoms with Crippen molar-refractivity contribution < 1.29 is 14.3 Å². The summed E-state index contributed by atoms with van der Waals surface area (Å²) in [6.07, 6.45) is 3.11. The van der Waals surface area contributed by atoms with Gasteiger partial charge in [0.1, 0.15) is 0 Å². The fourth-order valence-electron chi connectivity index (χ4n) is 1.73. The van der Waals surface area contributed by atoms with Crippen molar-refractivity contribution >= 4 is 12.0 Å². The third-order valence-corrected chi connectivity index (χ3v) is 2.74. The van der Waals surface area contributed by atoms with Gasteiger partial charge in [0.25, 0.3) is 0 Å². The molecule has 0 radical (unpaired) electrons. The van der Waals surface area contributed by atoms with Gasteiger partial charge in [-0.2, -0.15) is 0 Å². The zero-order chi connectivity index (χ0) is 14.4. The number of methoxy groups -OCH3 is 1. The van der Waals surface area contributed by atoms with Crippen LogP contribution in [0, 0.1) is 6.92 Å². The Bertz CT molecular complexity index is 615. The highest BCUT2D eigenvalue weighted by Crippen LogP contribution is 2.27. The van der Waals surface area contributed by atoms with Gasteiger partial charge in [-0.05, 0) is 36.3 Å². The Morgan fingerprint density at radius 1 is 1.05 bits per heavy atom. The summed E-state index contributed by atoms with van der Waals surface area (Å²) in [5, 5.41) is 0. The van der Waals surface area contributed by atoms with Crippen LogP contribution in [0.4, 0.5) is 0 Å². The van der Waals surface area contributed by atoms with Crippen molar-refractivity contribution in [2.75, 3.05) is 7.11 Å². The van der Waals surface area contributed by atoms with Crippen LogP contribution in [0.3, 0.4) is 0 Å². The summed E-state index contributed by atoms with van der Waals surface area (Å²) in [6.45, 7) is 1.95. The maximum Gasteiger partial charge on any atom is 0.336 e. The maximum atomic E-state index is 11.8. The van der Waals surface area contributed by atoms with Crippen LogP contribution >= 0.6 is 0 Å². The van der Waals surface area contributed by atoms with E-state index >= 15 is 0 Å².